The molecule has 0 saturated heterocycles. The highest BCUT2D eigenvalue weighted by molar-refractivity contribution is 7.98. The minimum atomic E-state index is -4.77. The molecule has 0 aromatic heterocycles. The van der Waals surface area contributed by atoms with Crippen molar-refractivity contribution in [3.63, 3.8) is 0 Å². The number of ketones is 1. The number of thioether (sulfide) groups is 1. The van der Waals surface area contributed by atoms with E-state index in [1.807, 2.05) is 0 Å². The van der Waals surface area contributed by atoms with E-state index in [9.17, 15) is 22.4 Å². The largest absolute Gasteiger partial charge is 0.419 e. The van der Waals surface area contributed by atoms with Gasteiger partial charge in [-0.3, -0.25) is 4.79 Å². The molecule has 0 fully saturated rings. The maximum atomic E-state index is 13.5. The van der Waals surface area contributed by atoms with Crippen molar-refractivity contribution in [2.75, 3.05) is 6.26 Å². The van der Waals surface area contributed by atoms with Gasteiger partial charge in [0.1, 0.15) is 5.82 Å². The van der Waals surface area contributed by atoms with Gasteiger partial charge in [0.15, 0.2) is 5.78 Å². The van der Waals surface area contributed by atoms with E-state index < -0.39 is 23.3 Å². The lowest BCUT2D eigenvalue weighted by atomic mass is 10.0. The van der Waals surface area contributed by atoms with E-state index in [4.69, 9.17) is 0 Å². The topological polar surface area (TPSA) is 17.1 Å². The SMILES string of the molecule is CSc1ccccc1C(=O)c1ccc(C(F)(F)F)c(F)c1. The highest BCUT2D eigenvalue weighted by atomic mass is 32.2. The Bertz CT molecular complexity index is 680. The van der Waals surface area contributed by atoms with E-state index >= 15 is 0 Å². The molecule has 110 valence electrons. The van der Waals surface area contributed by atoms with Gasteiger partial charge in [0, 0.05) is 16.0 Å². The molecule has 0 amide bonds. The molecule has 1 nitrogen and oxygen atoms in total. The average molecular weight is 314 g/mol. The van der Waals surface area contributed by atoms with Crippen LogP contribution in [0.2, 0.25) is 0 Å². The van der Waals surface area contributed by atoms with E-state index in [-0.39, 0.29) is 5.56 Å². The molecule has 6 heteroatoms. The maximum absolute atomic E-state index is 13.5. The van der Waals surface area contributed by atoms with Crippen molar-refractivity contribution < 1.29 is 22.4 Å². The molecule has 0 spiro atoms. The number of hydrogen-bond donors (Lipinski definition) is 0. The number of carbonyl (C=O) groups is 1. The first-order chi connectivity index (χ1) is 9.84. The fourth-order valence-electron chi connectivity index (χ4n) is 1.87. The molecule has 0 heterocycles. The first-order valence-electron chi connectivity index (χ1n) is 5.89. The van der Waals surface area contributed by atoms with Gasteiger partial charge in [-0.25, -0.2) is 4.39 Å². The van der Waals surface area contributed by atoms with Crippen LogP contribution in [-0.4, -0.2) is 12.0 Å². The van der Waals surface area contributed by atoms with Crippen LogP contribution >= 0.6 is 11.8 Å². The molecular weight excluding hydrogens is 304 g/mol. The van der Waals surface area contributed by atoms with Gasteiger partial charge >= 0.3 is 6.18 Å². The van der Waals surface area contributed by atoms with Crippen LogP contribution in [0.3, 0.4) is 0 Å². The summed E-state index contributed by atoms with van der Waals surface area (Å²) in [5.74, 6) is -1.96. The quantitative estimate of drug-likeness (QED) is 0.460. The van der Waals surface area contributed by atoms with E-state index in [1.54, 1.807) is 30.5 Å². The Kier molecular flexibility index (Phi) is 4.37. The van der Waals surface area contributed by atoms with Crippen LogP contribution in [0.5, 0.6) is 0 Å². The Morgan fingerprint density at radius 3 is 2.33 bits per heavy atom. The fourth-order valence-corrected chi connectivity index (χ4v) is 2.47. The monoisotopic (exact) mass is 314 g/mol. The van der Waals surface area contributed by atoms with Crippen molar-refractivity contribution >= 4 is 17.5 Å². The normalized spacial score (nSPS) is 11.5. The van der Waals surface area contributed by atoms with Gasteiger partial charge in [0.25, 0.3) is 0 Å². The third-order valence-electron chi connectivity index (χ3n) is 2.89. The van der Waals surface area contributed by atoms with Crippen LogP contribution in [-0.2, 0) is 6.18 Å². The molecule has 0 radical (unpaired) electrons. The summed E-state index contributed by atoms with van der Waals surface area (Å²) < 4.78 is 51.0. The standard InChI is InChI=1S/C15H10F4OS/c1-21-13-5-3-2-4-10(13)14(20)9-6-7-11(12(16)8-9)15(17,18)19/h2-8H,1H3. The highest BCUT2D eigenvalue weighted by Gasteiger charge is 2.34. The first-order valence-corrected chi connectivity index (χ1v) is 7.11. The number of benzene rings is 2. The second-order valence-corrected chi connectivity index (χ2v) is 5.07. The van der Waals surface area contributed by atoms with Gasteiger partial charge in [-0.1, -0.05) is 18.2 Å². The average Bonchev–Trinajstić information content (AvgIpc) is 2.45. The van der Waals surface area contributed by atoms with Crippen LogP contribution in [0.1, 0.15) is 21.5 Å². The van der Waals surface area contributed by atoms with Gasteiger partial charge < -0.3 is 0 Å². The molecule has 2 rings (SSSR count). The van der Waals surface area contributed by atoms with Gasteiger partial charge in [0.05, 0.1) is 5.56 Å². The number of hydrogen-bond acceptors (Lipinski definition) is 2. The molecule has 0 saturated carbocycles. The summed E-state index contributed by atoms with van der Waals surface area (Å²) in [6, 6.07) is 8.88. The molecule has 21 heavy (non-hydrogen) atoms. The van der Waals surface area contributed by atoms with Crippen molar-refractivity contribution in [2.45, 2.75) is 11.1 Å². The van der Waals surface area contributed by atoms with Gasteiger partial charge in [-0.05, 0) is 30.5 Å². The van der Waals surface area contributed by atoms with Crippen molar-refractivity contribution in [3.05, 3.63) is 65.0 Å². The molecule has 0 unspecified atom stereocenters. The van der Waals surface area contributed by atoms with E-state index in [0.29, 0.717) is 22.6 Å². The summed E-state index contributed by atoms with van der Waals surface area (Å²) >= 11 is 1.34. The van der Waals surface area contributed by atoms with Gasteiger partial charge in [-0.2, -0.15) is 13.2 Å². The smallest absolute Gasteiger partial charge is 0.289 e. The predicted molar refractivity (Wildman–Crippen MR) is 73.1 cm³/mol. The van der Waals surface area contributed by atoms with Crippen molar-refractivity contribution in [2.24, 2.45) is 0 Å². The molecule has 0 bridgehead atoms. The minimum absolute atomic E-state index is 0.109. The lowest BCUT2D eigenvalue weighted by molar-refractivity contribution is -0.140. The van der Waals surface area contributed by atoms with Crippen LogP contribution in [0.25, 0.3) is 0 Å². The molecule has 2 aromatic rings. The maximum Gasteiger partial charge on any atom is 0.419 e. The summed E-state index contributed by atoms with van der Waals surface area (Å²) in [5, 5.41) is 0. The first kappa shape index (κ1) is 15.6. The second-order valence-electron chi connectivity index (χ2n) is 4.22. The van der Waals surface area contributed by atoms with Gasteiger partial charge in [-0.15, -0.1) is 11.8 Å². The van der Waals surface area contributed by atoms with Crippen molar-refractivity contribution in [1.29, 1.82) is 0 Å². The van der Waals surface area contributed by atoms with Crippen LogP contribution in [0.4, 0.5) is 17.6 Å². The number of carbonyl (C=O) groups excluding carboxylic acids is 1. The molecule has 0 atom stereocenters. The third kappa shape index (κ3) is 3.26. The Morgan fingerprint density at radius 2 is 1.76 bits per heavy atom. The Balaban J connectivity index is 2.43. The third-order valence-corrected chi connectivity index (χ3v) is 3.68. The Morgan fingerprint density at radius 1 is 1.10 bits per heavy atom. The molecule has 0 N–H and O–H groups in total. The molecule has 2 aromatic carbocycles. The number of rotatable bonds is 3. The summed E-state index contributed by atoms with van der Waals surface area (Å²) in [6.45, 7) is 0. The minimum Gasteiger partial charge on any atom is -0.289 e. The van der Waals surface area contributed by atoms with Crippen LogP contribution in [0, 0.1) is 5.82 Å². The van der Waals surface area contributed by atoms with E-state index in [2.05, 4.69) is 0 Å². The molecule has 0 aliphatic rings. The van der Waals surface area contributed by atoms with Crippen LogP contribution < -0.4 is 0 Å². The molecule has 0 aliphatic carbocycles. The van der Waals surface area contributed by atoms with E-state index in [0.717, 1.165) is 6.07 Å². The van der Waals surface area contributed by atoms with E-state index in [1.165, 1.54) is 11.8 Å². The Labute approximate surface area is 123 Å². The highest BCUT2D eigenvalue weighted by Crippen LogP contribution is 2.32. The second kappa shape index (κ2) is 5.89. The van der Waals surface area contributed by atoms with Gasteiger partial charge in [0.2, 0.25) is 0 Å². The summed E-state index contributed by atoms with van der Waals surface area (Å²) in [4.78, 5) is 13.0. The lowest BCUT2D eigenvalue weighted by Crippen LogP contribution is -2.10. The van der Waals surface area contributed by atoms with Crippen molar-refractivity contribution in [3.8, 4) is 0 Å². The summed E-state index contributed by atoms with van der Waals surface area (Å²) in [7, 11) is 0. The number of halogens is 4. The Hall–Kier alpha value is -1.82. The zero-order valence-electron chi connectivity index (χ0n) is 10.9. The summed E-state index contributed by atoms with van der Waals surface area (Å²) in [5.41, 5.74) is -1.15. The zero-order chi connectivity index (χ0) is 15.6. The predicted octanol–water partition coefficient (Wildman–Crippen LogP) is 4.80. The number of alkyl halides is 3. The van der Waals surface area contributed by atoms with Crippen molar-refractivity contribution in [1.82, 2.24) is 0 Å². The molecule has 0 aliphatic heterocycles. The lowest BCUT2D eigenvalue weighted by Gasteiger charge is -2.10. The fraction of sp³-hybridized carbons (Fsp3) is 0.133. The molecular formula is C15H10F4OS. The van der Waals surface area contributed by atoms with Crippen LogP contribution in [0.15, 0.2) is 47.4 Å². The summed E-state index contributed by atoms with van der Waals surface area (Å²) in [6.07, 6.45) is -3.00. The zero-order valence-corrected chi connectivity index (χ0v) is 11.7.